The zero-order valence-electron chi connectivity index (χ0n) is 10.6. The number of unbranched alkanes of at least 4 members (excludes halogenated alkanes) is 3. The maximum atomic E-state index is 11.4. The van der Waals surface area contributed by atoms with Crippen molar-refractivity contribution < 1.29 is 4.79 Å². The Morgan fingerprint density at radius 3 is 2.33 bits per heavy atom. The van der Waals surface area contributed by atoms with Crippen LogP contribution in [0.2, 0.25) is 0 Å². The Labute approximate surface area is 94.8 Å². The van der Waals surface area contributed by atoms with Gasteiger partial charge in [0, 0.05) is 18.9 Å². The Balaban J connectivity index is 3.19. The van der Waals surface area contributed by atoms with Crippen LogP contribution in [0.15, 0.2) is 0 Å². The predicted molar refractivity (Wildman–Crippen MR) is 66.1 cm³/mol. The largest absolute Gasteiger partial charge is 0.315 e. The molecule has 0 amide bonds. The Morgan fingerprint density at radius 1 is 1.07 bits per heavy atom. The third kappa shape index (κ3) is 11.6. The van der Waals surface area contributed by atoms with Crippen molar-refractivity contribution in [2.24, 2.45) is 0 Å². The van der Waals surface area contributed by atoms with Crippen molar-refractivity contribution >= 4 is 5.78 Å². The Hall–Kier alpha value is -0.370. The number of hydrogen-bond acceptors (Lipinski definition) is 2. The normalized spacial score (nSPS) is 10.9. The van der Waals surface area contributed by atoms with Gasteiger partial charge in [0.05, 0.1) is 0 Å². The smallest absolute Gasteiger partial charge is 0.132 e. The number of Topliss-reactive ketones (excluding diaryl/α,β-unsaturated/α-hetero) is 1. The van der Waals surface area contributed by atoms with Gasteiger partial charge in [0.1, 0.15) is 5.78 Å². The lowest BCUT2D eigenvalue weighted by Gasteiger charge is -2.06. The number of rotatable bonds is 10. The highest BCUT2D eigenvalue weighted by Gasteiger charge is 2.01. The van der Waals surface area contributed by atoms with E-state index in [1.165, 1.54) is 19.3 Å². The second-order valence-electron chi connectivity index (χ2n) is 4.56. The van der Waals surface area contributed by atoms with Crippen molar-refractivity contribution in [3.63, 3.8) is 0 Å². The van der Waals surface area contributed by atoms with Crippen molar-refractivity contribution in [3.8, 4) is 0 Å². The molecule has 0 saturated carbocycles. The summed E-state index contributed by atoms with van der Waals surface area (Å²) in [4.78, 5) is 11.4. The molecular formula is C13H27NO. The van der Waals surface area contributed by atoms with Gasteiger partial charge in [-0.05, 0) is 19.4 Å². The zero-order chi connectivity index (χ0) is 11.5. The monoisotopic (exact) mass is 213 g/mol. The lowest BCUT2D eigenvalue weighted by atomic mass is 10.1. The Kier molecular flexibility index (Phi) is 9.91. The minimum absolute atomic E-state index is 0.441. The van der Waals surface area contributed by atoms with Crippen LogP contribution in [0.1, 0.15) is 65.7 Å². The van der Waals surface area contributed by atoms with E-state index in [1.807, 2.05) is 0 Å². The van der Waals surface area contributed by atoms with Crippen molar-refractivity contribution in [2.45, 2.75) is 71.8 Å². The average Bonchev–Trinajstić information content (AvgIpc) is 2.19. The number of ketones is 1. The Bertz CT molecular complexity index is 155. The molecule has 2 heteroatoms. The summed E-state index contributed by atoms with van der Waals surface area (Å²) in [6.07, 6.45) is 7.35. The molecule has 2 nitrogen and oxygen atoms in total. The first-order valence-electron chi connectivity index (χ1n) is 6.42. The number of carbonyl (C=O) groups excluding carboxylic acids is 1. The van der Waals surface area contributed by atoms with Crippen LogP contribution in [-0.2, 0) is 4.79 Å². The summed E-state index contributed by atoms with van der Waals surface area (Å²) >= 11 is 0. The van der Waals surface area contributed by atoms with E-state index in [-0.39, 0.29) is 0 Å². The van der Waals surface area contributed by atoms with Gasteiger partial charge >= 0.3 is 0 Å². The minimum atomic E-state index is 0.441. The summed E-state index contributed by atoms with van der Waals surface area (Å²) in [5.74, 6) is 0.441. The summed E-state index contributed by atoms with van der Waals surface area (Å²) in [6, 6.07) is 0.532. The van der Waals surface area contributed by atoms with E-state index in [0.717, 1.165) is 32.2 Å². The molecular weight excluding hydrogens is 186 g/mol. The van der Waals surface area contributed by atoms with Crippen LogP contribution < -0.4 is 5.32 Å². The molecule has 0 aliphatic carbocycles. The maximum absolute atomic E-state index is 11.4. The van der Waals surface area contributed by atoms with E-state index in [0.29, 0.717) is 11.8 Å². The predicted octanol–water partition coefficient (Wildman–Crippen LogP) is 3.30. The van der Waals surface area contributed by atoms with Crippen LogP contribution in [0.25, 0.3) is 0 Å². The van der Waals surface area contributed by atoms with Gasteiger partial charge in [-0.25, -0.2) is 0 Å². The van der Waals surface area contributed by atoms with Crippen molar-refractivity contribution in [1.82, 2.24) is 5.32 Å². The number of hydrogen-bond donors (Lipinski definition) is 1. The van der Waals surface area contributed by atoms with E-state index >= 15 is 0 Å². The van der Waals surface area contributed by atoms with E-state index in [9.17, 15) is 4.79 Å². The molecule has 0 unspecified atom stereocenters. The summed E-state index contributed by atoms with van der Waals surface area (Å²) in [5, 5.41) is 3.33. The maximum Gasteiger partial charge on any atom is 0.132 e. The number of carbonyl (C=O) groups is 1. The van der Waals surface area contributed by atoms with Crippen molar-refractivity contribution in [2.75, 3.05) is 6.54 Å². The lowest BCUT2D eigenvalue weighted by molar-refractivity contribution is -0.119. The molecule has 15 heavy (non-hydrogen) atoms. The van der Waals surface area contributed by atoms with Crippen LogP contribution in [0.5, 0.6) is 0 Å². The van der Waals surface area contributed by atoms with Gasteiger partial charge in [-0.2, -0.15) is 0 Å². The van der Waals surface area contributed by atoms with E-state index in [4.69, 9.17) is 0 Å². The second-order valence-corrected chi connectivity index (χ2v) is 4.56. The van der Waals surface area contributed by atoms with Crippen LogP contribution in [0.4, 0.5) is 0 Å². The molecule has 1 N–H and O–H groups in total. The summed E-state index contributed by atoms with van der Waals surface area (Å²) < 4.78 is 0. The highest BCUT2D eigenvalue weighted by Crippen LogP contribution is 2.05. The molecule has 0 fully saturated rings. The lowest BCUT2D eigenvalue weighted by Crippen LogP contribution is -2.24. The molecule has 0 radical (unpaired) electrons. The fourth-order valence-corrected chi connectivity index (χ4v) is 1.55. The fraction of sp³-hybridized carbons (Fsp3) is 0.923. The third-order valence-corrected chi connectivity index (χ3v) is 2.49. The molecule has 90 valence electrons. The van der Waals surface area contributed by atoms with Crippen LogP contribution >= 0.6 is 0 Å². The molecule has 0 rings (SSSR count). The molecule has 0 aromatic carbocycles. The quantitative estimate of drug-likeness (QED) is 0.564. The van der Waals surface area contributed by atoms with Crippen LogP contribution in [0.3, 0.4) is 0 Å². The van der Waals surface area contributed by atoms with Gasteiger partial charge in [0.2, 0.25) is 0 Å². The molecule has 0 atom stereocenters. The highest BCUT2D eigenvalue weighted by atomic mass is 16.1. The fourth-order valence-electron chi connectivity index (χ4n) is 1.55. The van der Waals surface area contributed by atoms with Crippen LogP contribution in [0, 0.1) is 0 Å². The van der Waals surface area contributed by atoms with Gasteiger partial charge < -0.3 is 5.32 Å². The van der Waals surface area contributed by atoms with Crippen LogP contribution in [-0.4, -0.2) is 18.4 Å². The molecule has 0 aliphatic rings. The molecule has 0 aromatic heterocycles. The molecule has 0 bridgehead atoms. The molecule has 0 heterocycles. The van der Waals surface area contributed by atoms with Gasteiger partial charge in [-0.3, -0.25) is 4.79 Å². The van der Waals surface area contributed by atoms with Gasteiger partial charge in [-0.15, -0.1) is 0 Å². The first-order chi connectivity index (χ1) is 7.16. The van der Waals surface area contributed by atoms with E-state index < -0.39 is 0 Å². The van der Waals surface area contributed by atoms with Crippen molar-refractivity contribution in [1.29, 1.82) is 0 Å². The standard InChI is InChI=1S/C13H27NO/c1-4-5-6-7-9-13(15)10-8-11-14-12(2)3/h12,14H,4-11H2,1-3H3. The SMILES string of the molecule is CCCCCCC(=O)CCCNC(C)C. The van der Waals surface area contributed by atoms with Gasteiger partial charge in [0.25, 0.3) is 0 Å². The third-order valence-electron chi connectivity index (χ3n) is 2.49. The summed E-state index contributed by atoms with van der Waals surface area (Å²) in [5.41, 5.74) is 0. The number of nitrogens with one attached hydrogen (secondary N) is 1. The Morgan fingerprint density at radius 2 is 1.73 bits per heavy atom. The van der Waals surface area contributed by atoms with Crippen molar-refractivity contribution in [3.05, 3.63) is 0 Å². The van der Waals surface area contributed by atoms with E-state index in [2.05, 4.69) is 26.1 Å². The zero-order valence-corrected chi connectivity index (χ0v) is 10.6. The highest BCUT2D eigenvalue weighted by molar-refractivity contribution is 5.78. The molecule has 0 aromatic rings. The average molecular weight is 213 g/mol. The molecule has 0 saturated heterocycles. The topological polar surface area (TPSA) is 29.1 Å². The van der Waals surface area contributed by atoms with Gasteiger partial charge in [-0.1, -0.05) is 40.0 Å². The minimum Gasteiger partial charge on any atom is -0.315 e. The first-order valence-corrected chi connectivity index (χ1v) is 6.42. The second kappa shape index (κ2) is 10.2. The van der Waals surface area contributed by atoms with Gasteiger partial charge in [0.15, 0.2) is 0 Å². The summed E-state index contributed by atoms with van der Waals surface area (Å²) in [6.45, 7) is 7.43. The summed E-state index contributed by atoms with van der Waals surface area (Å²) in [7, 11) is 0. The molecule has 0 spiro atoms. The molecule has 0 aliphatic heterocycles. The van der Waals surface area contributed by atoms with E-state index in [1.54, 1.807) is 0 Å². The first kappa shape index (κ1) is 14.6.